The molecule has 1 rings (SSSR count). The first-order valence-electron chi connectivity index (χ1n) is 4.86. The summed E-state index contributed by atoms with van der Waals surface area (Å²) in [6, 6.07) is 7.51. The van der Waals surface area contributed by atoms with Crippen LogP contribution in [-0.2, 0) is 0 Å². The molecule has 1 aromatic carbocycles. The van der Waals surface area contributed by atoms with Crippen molar-refractivity contribution in [2.24, 2.45) is 0 Å². The van der Waals surface area contributed by atoms with Crippen LogP contribution in [0.3, 0.4) is 0 Å². The standard InChI is InChI=1S/C13H14NO/c1-4-10(3)12-8-11(9-14)6-7-13(12)15-5-2/h4,6-8H,1,5H2,2-3H3. The van der Waals surface area contributed by atoms with Gasteiger partial charge in [-0.05, 0) is 25.1 Å². The predicted octanol–water partition coefficient (Wildman–Crippen LogP) is 3.09. The monoisotopic (exact) mass is 200 g/mol. The molecule has 77 valence electrons. The molecule has 0 unspecified atom stereocenters. The number of benzene rings is 1. The van der Waals surface area contributed by atoms with Crippen LogP contribution in [0.5, 0.6) is 5.75 Å². The van der Waals surface area contributed by atoms with Gasteiger partial charge in [0.15, 0.2) is 0 Å². The molecule has 0 fully saturated rings. The van der Waals surface area contributed by atoms with Gasteiger partial charge in [-0.25, -0.2) is 0 Å². The zero-order chi connectivity index (χ0) is 11.3. The minimum absolute atomic E-state index is 0.614. The van der Waals surface area contributed by atoms with E-state index in [4.69, 9.17) is 10.00 Å². The zero-order valence-corrected chi connectivity index (χ0v) is 9.08. The highest BCUT2D eigenvalue weighted by Gasteiger charge is 2.10. The molecule has 0 atom stereocenters. The van der Waals surface area contributed by atoms with E-state index in [-0.39, 0.29) is 0 Å². The number of allylic oxidation sites excluding steroid dienone is 1. The van der Waals surface area contributed by atoms with Crippen LogP contribution < -0.4 is 4.74 Å². The van der Waals surface area contributed by atoms with E-state index in [0.717, 1.165) is 17.2 Å². The van der Waals surface area contributed by atoms with Gasteiger partial charge < -0.3 is 4.74 Å². The Bertz CT molecular complexity index is 390. The number of rotatable bonds is 4. The number of hydrogen-bond donors (Lipinski definition) is 0. The average Bonchev–Trinajstić information content (AvgIpc) is 2.29. The normalized spacial score (nSPS) is 9.73. The van der Waals surface area contributed by atoms with Gasteiger partial charge in [0, 0.05) is 11.5 Å². The van der Waals surface area contributed by atoms with Gasteiger partial charge in [-0.1, -0.05) is 13.0 Å². The van der Waals surface area contributed by atoms with Gasteiger partial charge in [-0.3, -0.25) is 0 Å². The fourth-order valence-corrected chi connectivity index (χ4v) is 1.30. The van der Waals surface area contributed by atoms with Crippen LogP contribution in [0.4, 0.5) is 0 Å². The summed E-state index contributed by atoms with van der Waals surface area (Å²) in [5, 5.41) is 8.81. The third-order valence-electron chi connectivity index (χ3n) is 2.14. The van der Waals surface area contributed by atoms with Crippen LogP contribution in [0.1, 0.15) is 25.0 Å². The molecule has 0 amide bonds. The lowest BCUT2D eigenvalue weighted by Gasteiger charge is -2.13. The van der Waals surface area contributed by atoms with Gasteiger partial charge in [0.25, 0.3) is 0 Å². The van der Waals surface area contributed by atoms with Gasteiger partial charge in [0.2, 0.25) is 0 Å². The molecular formula is C13H14NO. The van der Waals surface area contributed by atoms with Crippen molar-refractivity contribution in [3.05, 3.63) is 47.9 Å². The van der Waals surface area contributed by atoms with E-state index in [9.17, 15) is 0 Å². The molecule has 0 aliphatic rings. The number of ether oxygens (including phenoxy) is 1. The molecule has 15 heavy (non-hydrogen) atoms. The van der Waals surface area contributed by atoms with E-state index in [1.54, 1.807) is 12.1 Å². The maximum Gasteiger partial charge on any atom is 0.123 e. The molecule has 0 saturated carbocycles. The lowest BCUT2D eigenvalue weighted by molar-refractivity contribution is 0.338. The van der Waals surface area contributed by atoms with Gasteiger partial charge in [0.1, 0.15) is 5.75 Å². The molecule has 2 nitrogen and oxygen atoms in total. The maximum atomic E-state index is 8.81. The highest BCUT2D eigenvalue weighted by Crippen LogP contribution is 2.27. The molecule has 1 aromatic rings. The fourth-order valence-electron chi connectivity index (χ4n) is 1.30. The van der Waals surface area contributed by atoms with Crippen LogP contribution >= 0.6 is 0 Å². The summed E-state index contributed by atoms with van der Waals surface area (Å²) in [4.78, 5) is 0. The molecule has 0 saturated heterocycles. The summed E-state index contributed by atoms with van der Waals surface area (Å²) in [6.07, 6.45) is 1.76. The molecule has 0 aliphatic heterocycles. The van der Waals surface area contributed by atoms with Gasteiger partial charge in [-0.15, -0.1) is 6.58 Å². The second-order valence-corrected chi connectivity index (χ2v) is 3.14. The summed E-state index contributed by atoms with van der Waals surface area (Å²) in [6.45, 7) is 8.22. The molecule has 0 heterocycles. The van der Waals surface area contributed by atoms with Gasteiger partial charge >= 0.3 is 0 Å². The highest BCUT2D eigenvalue weighted by molar-refractivity contribution is 5.50. The van der Waals surface area contributed by atoms with Crippen LogP contribution in [-0.4, -0.2) is 6.61 Å². The Morgan fingerprint density at radius 1 is 1.60 bits per heavy atom. The molecule has 0 aliphatic carbocycles. The van der Waals surface area contributed by atoms with Crippen molar-refractivity contribution in [1.82, 2.24) is 0 Å². The van der Waals surface area contributed by atoms with Crippen molar-refractivity contribution in [1.29, 1.82) is 5.26 Å². The Morgan fingerprint density at radius 2 is 2.33 bits per heavy atom. The summed E-state index contributed by atoms with van der Waals surface area (Å²) < 4.78 is 5.48. The molecule has 0 aromatic heterocycles. The topological polar surface area (TPSA) is 33.0 Å². The van der Waals surface area contributed by atoms with Gasteiger partial charge in [0.05, 0.1) is 18.2 Å². The van der Waals surface area contributed by atoms with Crippen molar-refractivity contribution < 1.29 is 4.74 Å². The zero-order valence-electron chi connectivity index (χ0n) is 9.08. The van der Waals surface area contributed by atoms with E-state index < -0.39 is 0 Å². The first-order valence-corrected chi connectivity index (χ1v) is 4.86. The first kappa shape index (κ1) is 11.3. The molecule has 2 heteroatoms. The smallest absolute Gasteiger partial charge is 0.123 e. The van der Waals surface area contributed by atoms with Crippen molar-refractivity contribution in [2.45, 2.75) is 13.8 Å². The SMILES string of the molecule is C=C[C](C)c1cc(C#N)ccc1OCC. The molecular weight excluding hydrogens is 186 g/mol. The third-order valence-corrected chi connectivity index (χ3v) is 2.14. The minimum atomic E-state index is 0.614. The second kappa shape index (κ2) is 5.21. The molecule has 0 N–H and O–H groups in total. The number of nitrogens with zero attached hydrogens (tertiary/aromatic N) is 1. The Morgan fingerprint density at radius 3 is 2.87 bits per heavy atom. The molecule has 0 bridgehead atoms. The van der Waals surface area contributed by atoms with E-state index in [1.807, 2.05) is 26.0 Å². The number of hydrogen-bond acceptors (Lipinski definition) is 2. The Hall–Kier alpha value is -1.75. The number of nitriles is 1. The summed E-state index contributed by atoms with van der Waals surface area (Å²) >= 11 is 0. The maximum absolute atomic E-state index is 8.81. The molecule has 0 spiro atoms. The molecule has 1 radical (unpaired) electrons. The summed E-state index contributed by atoms with van der Waals surface area (Å²) in [7, 11) is 0. The summed E-state index contributed by atoms with van der Waals surface area (Å²) in [5.41, 5.74) is 1.57. The minimum Gasteiger partial charge on any atom is -0.494 e. The van der Waals surface area contributed by atoms with Crippen LogP contribution in [0.2, 0.25) is 0 Å². The fraction of sp³-hybridized carbons (Fsp3) is 0.231. The quantitative estimate of drug-likeness (QED) is 0.748. The lowest BCUT2D eigenvalue weighted by Crippen LogP contribution is -1.99. The second-order valence-electron chi connectivity index (χ2n) is 3.14. The van der Waals surface area contributed by atoms with E-state index in [1.165, 1.54) is 0 Å². The van der Waals surface area contributed by atoms with Crippen molar-refractivity contribution in [3.63, 3.8) is 0 Å². The van der Waals surface area contributed by atoms with Crippen molar-refractivity contribution in [2.75, 3.05) is 6.61 Å². The van der Waals surface area contributed by atoms with E-state index in [2.05, 4.69) is 12.6 Å². The van der Waals surface area contributed by atoms with E-state index in [0.29, 0.717) is 12.2 Å². The van der Waals surface area contributed by atoms with Gasteiger partial charge in [-0.2, -0.15) is 5.26 Å². The van der Waals surface area contributed by atoms with Crippen LogP contribution in [0.15, 0.2) is 30.9 Å². The third kappa shape index (κ3) is 2.60. The Balaban J connectivity index is 3.16. The van der Waals surface area contributed by atoms with Crippen LogP contribution in [0, 0.1) is 17.2 Å². The first-order chi connectivity index (χ1) is 7.22. The largest absolute Gasteiger partial charge is 0.494 e. The van der Waals surface area contributed by atoms with Crippen LogP contribution in [0.25, 0.3) is 0 Å². The Kier molecular flexibility index (Phi) is 3.93. The van der Waals surface area contributed by atoms with E-state index >= 15 is 0 Å². The highest BCUT2D eigenvalue weighted by atomic mass is 16.5. The predicted molar refractivity (Wildman–Crippen MR) is 60.5 cm³/mol. The summed E-state index contributed by atoms with van der Waals surface area (Å²) in [5.74, 6) is 1.81. The Labute approximate surface area is 90.8 Å². The van der Waals surface area contributed by atoms with Crippen molar-refractivity contribution >= 4 is 0 Å². The van der Waals surface area contributed by atoms with Crippen molar-refractivity contribution in [3.8, 4) is 11.8 Å². The average molecular weight is 200 g/mol. The lowest BCUT2D eigenvalue weighted by atomic mass is 9.98.